The van der Waals surface area contributed by atoms with Gasteiger partial charge >= 0.3 is 5.97 Å². The normalized spacial score (nSPS) is 9.95. The second kappa shape index (κ2) is 6.00. The number of H-pyrrole nitrogens is 1. The van der Waals surface area contributed by atoms with E-state index in [2.05, 4.69) is 16.5 Å². The van der Waals surface area contributed by atoms with Crippen molar-refractivity contribution in [1.82, 2.24) is 14.9 Å². The van der Waals surface area contributed by atoms with Gasteiger partial charge in [-0.1, -0.05) is 6.58 Å². The predicted octanol–water partition coefficient (Wildman–Crippen LogP) is 0.192. The smallest absolute Gasteiger partial charge is 0.307 e. The average Bonchev–Trinajstić information content (AvgIpc) is 2.80. The number of aliphatic carboxylic acids is 1. The molecule has 2 amide bonds. The van der Waals surface area contributed by atoms with Gasteiger partial charge in [0.25, 0.3) is 5.91 Å². The zero-order chi connectivity index (χ0) is 15.4. The lowest BCUT2D eigenvalue weighted by atomic mass is 10.2. The van der Waals surface area contributed by atoms with Crippen molar-refractivity contribution in [2.75, 3.05) is 26.0 Å². The molecule has 0 saturated heterocycles. The number of carboxylic acid groups (broad SMARTS) is 1. The lowest BCUT2D eigenvalue weighted by Crippen LogP contribution is -2.25. The Hall–Kier alpha value is -2.64. The first-order chi connectivity index (χ1) is 9.27. The summed E-state index contributed by atoms with van der Waals surface area (Å²) in [5.74, 6) is -1.14. The fourth-order valence-corrected chi connectivity index (χ4v) is 1.48. The molecule has 0 aromatic carbocycles. The Balaban J connectivity index is 3.25. The number of carbonyl (C=O) groups excluding carboxylic acids is 2. The molecule has 1 rings (SSSR count). The van der Waals surface area contributed by atoms with Crippen molar-refractivity contribution >= 4 is 29.7 Å². The summed E-state index contributed by atoms with van der Waals surface area (Å²) in [6, 6.07) is 0. The molecule has 0 spiro atoms. The van der Waals surface area contributed by atoms with Gasteiger partial charge in [-0.3, -0.25) is 14.4 Å². The minimum absolute atomic E-state index is 0.103. The number of aromatic amines is 1. The third-order valence-corrected chi connectivity index (χ3v) is 2.50. The monoisotopic (exact) mass is 280 g/mol. The van der Waals surface area contributed by atoms with Gasteiger partial charge in [0, 0.05) is 21.1 Å². The molecule has 0 saturated carbocycles. The van der Waals surface area contributed by atoms with Crippen LogP contribution in [0.25, 0.3) is 5.57 Å². The van der Waals surface area contributed by atoms with Gasteiger partial charge in [-0.15, -0.1) is 0 Å². The molecule has 1 aromatic heterocycles. The molecule has 0 fully saturated rings. The Morgan fingerprint density at radius 2 is 2.00 bits per heavy atom. The maximum absolute atomic E-state index is 12.0. The summed E-state index contributed by atoms with van der Waals surface area (Å²) in [6.45, 7) is 3.60. The lowest BCUT2D eigenvalue weighted by molar-refractivity contribution is -0.135. The number of amides is 2. The van der Waals surface area contributed by atoms with Crippen LogP contribution in [0.4, 0.5) is 5.82 Å². The quantitative estimate of drug-likeness (QED) is 0.723. The summed E-state index contributed by atoms with van der Waals surface area (Å²) >= 11 is 0. The predicted molar refractivity (Wildman–Crippen MR) is 72.4 cm³/mol. The first-order valence-corrected chi connectivity index (χ1v) is 5.67. The highest BCUT2D eigenvalue weighted by atomic mass is 16.4. The van der Waals surface area contributed by atoms with Crippen LogP contribution in [0.2, 0.25) is 0 Å². The second-order valence-corrected chi connectivity index (χ2v) is 4.37. The van der Waals surface area contributed by atoms with Gasteiger partial charge in [-0.05, 0) is 5.57 Å². The molecule has 1 heterocycles. The highest BCUT2D eigenvalue weighted by Crippen LogP contribution is 2.22. The number of nitrogens with zero attached hydrogens (tertiary/aromatic N) is 3. The molecule has 0 radical (unpaired) electrons. The maximum atomic E-state index is 12.0. The zero-order valence-electron chi connectivity index (χ0n) is 11.5. The molecular formula is C12H16N4O4. The largest absolute Gasteiger partial charge is 0.481 e. The van der Waals surface area contributed by atoms with E-state index in [1.165, 1.54) is 11.9 Å². The number of hydrogen-bond donors (Lipinski definition) is 2. The Bertz CT molecular complexity index is 562. The van der Waals surface area contributed by atoms with Gasteiger partial charge in [0.05, 0.1) is 6.42 Å². The Morgan fingerprint density at radius 1 is 1.40 bits per heavy atom. The number of rotatable bonds is 6. The van der Waals surface area contributed by atoms with Crippen LogP contribution >= 0.6 is 0 Å². The highest BCUT2D eigenvalue weighted by Gasteiger charge is 2.22. The summed E-state index contributed by atoms with van der Waals surface area (Å²) in [7, 11) is 4.55. The number of nitrogens with one attached hydrogen (secondary N) is 1. The summed E-state index contributed by atoms with van der Waals surface area (Å²) in [4.78, 5) is 42.7. The molecule has 0 aliphatic heterocycles. The van der Waals surface area contributed by atoms with Crippen molar-refractivity contribution in [2.45, 2.75) is 6.42 Å². The van der Waals surface area contributed by atoms with Crippen LogP contribution in [0.15, 0.2) is 6.58 Å². The van der Waals surface area contributed by atoms with Crippen LogP contribution in [-0.2, 0) is 9.59 Å². The Kier molecular flexibility index (Phi) is 4.63. The molecule has 0 bridgehead atoms. The summed E-state index contributed by atoms with van der Waals surface area (Å²) in [5.41, 5.74) is 0.321. The molecule has 0 aliphatic rings. The highest BCUT2D eigenvalue weighted by molar-refractivity contribution is 5.99. The Morgan fingerprint density at radius 3 is 2.45 bits per heavy atom. The van der Waals surface area contributed by atoms with Gasteiger partial charge in [0.1, 0.15) is 11.5 Å². The molecule has 2 N–H and O–H groups in total. The van der Waals surface area contributed by atoms with Gasteiger partial charge < -0.3 is 19.9 Å². The number of aromatic nitrogens is 2. The molecule has 8 heteroatoms. The molecule has 108 valence electrons. The number of carboxylic acids is 1. The van der Waals surface area contributed by atoms with Crippen molar-refractivity contribution in [1.29, 1.82) is 0 Å². The van der Waals surface area contributed by atoms with Crippen molar-refractivity contribution in [3.05, 3.63) is 18.1 Å². The SMILES string of the molecule is C=C(CC(=O)O)c1nc(N(C)C=O)c(C(=O)N(C)C)[nH]1. The molecule has 0 aliphatic carbocycles. The molecule has 20 heavy (non-hydrogen) atoms. The summed E-state index contributed by atoms with van der Waals surface area (Å²) in [6.07, 6.45) is 0.194. The zero-order valence-corrected chi connectivity index (χ0v) is 11.5. The van der Waals surface area contributed by atoms with Crippen LogP contribution in [0.3, 0.4) is 0 Å². The van der Waals surface area contributed by atoms with Crippen molar-refractivity contribution in [3.63, 3.8) is 0 Å². The number of anilines is 1. The fourth-order valence-electron chi connectivity index (χ4n) is 1.48. The molecule has 0 atom stereocenters. The minimum atomic E-state index is -1.06. The van der Waals surface area contributed by atoms with E-state index in [0.717, 1.165) is 4.90 Å². The molecule has 1 aromatic rings. The lowest BCUT2D eigenvalue weighted by Gasteiger charge is -2.12. The van der Waals surface area contributed by atoms with Gasteiger partial charge in [-0.25, -0.2) is 4.98 Å². The van der Waals surface area contributed by atoms with Crippen LogP contribution < -0.4 is 4.90 Å². The van der Waals surface area contributed by atoms with Gasteiger partial charge in [-0.2, -0.15) is 0 Å². The topological polar surface area (TPSA) is 107 Å². The van der Waals surface area contributed by atoms with Crippen molar-refractivity contribution < 1.29 is 19.5 Å². The van der Waals surface area contributed by atoms with E-state index in [1.54, 1.807) is 14.1 Å². The third kappa shape index (κ3) is 3.22. The number of hydrogen-bond acceptors (Lipinski definition) is 4. The van der Waals surface area contributed by atoms with E-state index in [4.69, 9.17) is 5.11 Å². The third-order valence-electron chi connectivity index (χ3n) is 2.50. The number of carbonyl (C=O) groups is 3. The van der Waals surface area contributed by atoms with Crippen LogP contribution in [0.1, 0.15) is 22.7 Å². The standard InChI is InChI=1S/C12H16N4O4/c1-7(5-8(18)19)10-13-9(12(20)15(2)3)11(14-10)16(4)6-17/h6H,1,5H2,2-4H3,(H,13,14)(H,18,19). The Labute approximate surface area is 115 Å². The van der Waals surface area contributed by atoms with Crippen molar-refractivity contribution in [3.8, 4) is 0 Å². The van der Waals surface area contributed by atoms with E-state index < -0.39 is 5.97 Å². The minimum Gasteiger partial charge on any atom is -0.481 e. The second-order valence-electron chi connectivity index (χ2n) is 4.37. The van der Waals surface area contributed by atoms with Crippen LogP contribution in [0.5, 0.6) is 0 Å². The van der Waals surface area contributed by atoms with Crippen molar-refractivity contribution in [2.24, 2.45) is 0 Å². The van der Waals surface area contributed by atoms with Crippen LogP contribution in [0, 0.1) is 0 Å². The first kappa shape index (κ1) is 15.4. The van der Waals surface area contributed by atoms with Crippen LogP contribution in [-0.4, -0.2) is 59.4 Å². The number of imidazole rings is 1. The average molecular weight is 280 g/mol. The van der Waals surface area contributed by atoms with Gasteiger partial charge in [0.2, 0.25) is 6.41 Å². The summed E-state index contributed by atoms with van der Waals surface area (Å²) in [5, 5.41) is 8.73. The fraction of sp³-hybridized carbons (Fsp3) is 0.333. The van der Waals surface area contributed by atoms with Gasteiger partial charge in [0.15, 0.2) is 5.82 Å². The first-order valence-electron chi connectivity index (χ1n) is 5.67. The van der Waals surface area contributed by atoms with E-state index in [0.29, 0.717) is 6.41 Å². The van der Waals surface area contributed by atoms with E-state index >= 15 is 0 Å². The molecule has 0 unspecified atom stereocenters. The summed E-state index contributed by atoms with van der Waals surface area (Å²) < 4.78 is 0. The molecular weight excluding hydrogens is 264 g/mol. The van der Waals surface area contributed by atoms with E-state index in [-0.39, 0.29) is 35.2 Å². The molecule has 8 nitrogen and oxygen atoms in total. The maximum Gasteiger partial charge on any atom is 0.307 e. The van der Waals surface area contributed by atoms with E-state index in [9.17, 15) is 14.4 Å². The van der Waals surface area contributed by atoms with E-state index in [1.807, 2.05) is 0 Å².